The Hall–Kier alpha value is -1.36. The largest absolute Gasteiger partial charge is 0.378 e. The molecule has 0 radical (unpaired) electrons. The zero-order valence-corrected chi connectivity index (χ0v) is 13.0. The van der Waals surface area contributed by atoms with Gasteiger partial charge in [-0.3, -0.25) is 9.89 Å². The highest BCUT2D eigenvalue weighted by Crippen LogP contribution is 2.20. The normalized spacial score (nSPS) is 16.0. The number of carbonyl (C=O) groups is 1. The topological polar surface area (TPSA) is 67.0 Å². The van der Waals surface area contributed by atoms with Crippen LogP contribution in [0.15, 0.2) is 6.20 Å². The number of aromatic amines is 1. The van der Waals surface area contributed by atoms with E-state index < -0.39 is 0 Å². The summed E-state index contributed by atoms with van der Waals surface area (Å²) in [6.07, 6.45) is 11.1. The van der Waals surface area contributed by atoms with Crippen molar-refractivity contribution < 1.29 is 9.53 Å². The van der Waals surface area contributed by atoms with Crippen molar-refractivity contribution in [2.45, 2.75) is 64.4 Å². The molecule has 5 nitrogen and oxygen atoms in total. The zero-order chi connectivity index (χ0) is 14.9. The second kappa shape index (κ2) is 8.82. The van der Waals surface area contributed by atoms with Gasteiger partial charge in [0.2, 0.25) is 0 Å². The molecule has 1 saturated carbocycles. The minimum Gasteiger partial charge on any atom is -0.378 e. The van der Waals surface area contributed by atoms with Crippen molar-refractivity contribution in [1.82, 2.24) is 15.5 Å². The van der Waals surface area contributed by atoms with Gasteiger partial charge in [0.1, 0.15) is 0 Å². The van der Waals surface area contributed by atoms with Gasteiger partial charge in [-0.15, -0.1) is 0 Å². The smallest absolute Gasteiger partial charge is 0.254 e. The molecule has 1 aliphatic carbocycles. The maximum absolute atomic E-state index is 12.1. The second-order valence-corrected chi connectivity index (χ2v) is 5.75. The maximum Gasteiger partial charge on any atom is 0.254 e. The molecule has 0 aromatic carbocycles. The van der Waals surface area contributed by atoms with Crippen molar-refractivity contribution in [2.75, 3.05) is 13.2 Å². The van der Waals surface area contributed by atoms with E-state index in [0.29, 0.717) is 18.2 Å². The number of nitrogens with zero attached hydrogens (tertiary/aromatic N) is 1. The van der Waals surface area contributed by atoms with Gasteiger partial charge in [-0.2, -0.15) is 5.10 Å². The molecule has 0 bridgehead atoms. The first-order valence-electron chi connectivity index (χ1n) is 8.23. The Morgan fingerprint density at radius 3 is 3.00 bits per heavy atom. The van der Waals surface area contributed by atoms with E-state index in [1.54, 1.807) is 6.20 Å². The zero-order valence-electron chi connectivity index (χ0n) is 13.0. The number of hydrogen-bond acceptors (Lipinski definition) is 3. The summed E-state index contributed by atoms with van der Waals surface area (Å²) in [5, 5.41) is 9.80. The minimum absolute atomic E-state index is 0.0372. The number of rotatable bonds is 8. The molecule has 1 aliphatic rings. The van der Waals surface area contributed by atoms with Crippen molar-refractivity contribution in [3.05, 3.63) is 17.5 Å². The van der Waals surface area contributed by atoms with Crippen LogP contribution in [0, 0.1) is 0 Å². The molecule has 2 N–H and O–H groups in total. The monoisotopic (exact) mass is 293 g/mol. The lowest BCUT2D eigenvalue weighted by atomic mass is 9.98. The highest BCUT2D eigenvalue weighted by Gasteiger charge is 2.14. The minimum atomic E-state index is -0.0372. The predicted octanol–water partition coefficient (Wildman–Crippen LogP) is 2.83. The Morgan fingerprint density at radius 1 is 1.43 bits per heavy atom. The molecule has 1 amide bonds. The summed E-state index contributed by atoms with van der Waals surface area (Å²) in [6, 6.07) is 0. The van der Waals surface area contributed by atoms with Crippen molar-refractivity contribution in [3.63, 3.8) is 0 Å². The van der Waals surface area contributed by atoms with Gasteiger partial charge in [0.05, 0.1) is 17.9 Å². The lowest BCUT2D eigenvalue weighted by Gasteiger charge is -2.21. The number of nitrogens with one attached hydrogen (secondary N) is 2. The summed E-state index contributed by atoms with van der Waals surface area (Å²) in [6.45, 7) is 3.48. The molecule has 1 fully saturated rings. The molecule has 1 heterocycles. The average molecular weight is 293 g/mol. The van der Waals surface area contributed by atoms with Gasteiger partial charge in [0, 0.05) is 18.8 Å². The fourth-order valence-electron chi connectivity index (χ4n) is 2.80. The molecule has 0 spiro atoms. The Kier molecular flexibility index (Phi) is 6.73. The first-order valence-corrected chi connectivity index (χ1v) is 8.23. The van der Waals surface area contributed by atoms with E-state index in [9.17, 15) is 4.79 Å². The summed E-state index contributed by atoms with van der Waals surface area (Å²) < 4.78 is 5.85. The third-order valence-electron chi connectivity index (χ3n) is 3.98. The molecule has 1 aromatic heterocycles. The molecule has 0 atom stereocenters. The SMILES string of the molecule is CCCc1[nH]ncc1C(=O)NCCCOC1CCCCC1. The molecule has 1 aromatic rings. The summed E-state index contributed by atoms with van der Waals surface area (Å²) in [5.74, 6) is -0.0372. The predicted molar refractivity (Wildman–Crippen MR) is 82.4 cm³/mol. The molecule has 0 unspecified atom stereocenters. The van der Waals surface area contributed by atoms with Gasteiger partial charge in [0.25, 0.3) is 5.91 Å². The summed E-state index contributed by atoms with van der Waals surface area (Å²) in [5.41, 5.74) is 1.60. The first kappa shape index (κ1) is 16.0. The standard InChI is InChI=1S/C16H27N3O2/c1-2-7-15-14(12-18-19-15)16(20)17-10-6-11-21-13-8-4-3-5-9-13/h12-13H,2-11H2,1H3,(H,17,20)(H,18,19). The number of aromatic nitrogens is 2. The van der Waals surface area contributed by atoms with E-state index in [4.69, 9.17) is 4.74 Å². The summed E-state index contributed by atoms with van der Waals surface area (Å²) >= 11 is 0. The van der Waals surface area contributed by atoms with Crippen molar-refractivity contribution in [3.8, 4) is 0 Å². The van der Waals surface area contributed by atoms with Gasteiger partial charge in [-0.1, -0.05) is 32.6 Å². The van der Waals surface area contributed by atoms with Crippen LogP contribution >= 0.6 is 0 Å². The molecule has 2 rings (SSSR count). The van der Waals surface area contributed by atoms with Crippen LogP contribution in [0.2, 0.25) is 0 Å². The van der Waals surface area contributed by atoms with Crippen LogP contribution in [0.5, 0.6) is 0 Å². The molecule has 0 aliphatic heterocycles. The van der Waals surface area contributed by atoms with Crippen LogP contribution in [-0.4, -0.2) is 35.4 Å². The van der Waals surface area contributed by atoms with Crippen LogP contribution in [0.1, 0.15) is 67.9 Å². The molecular formula is C16H27N3O2. The third-order valence-corrected chi connectivity index (χ3v) is 3.98. The van der Waals surface area contributed by atoms with Gasteiger partial charge in [-0.05, 0) is 25.7 Å². The lowest BCUT2D eigenvalue weighted by molar-refractivity contribution is 0.0273. The molecular weight excluding hydrogens is 266 g/mol. The molecule has 118 valence electrons. The van der Waals surface area contributed by atoms with E-state index in [2.05, 4.69) is 22.4 Å². The Morgan fingerprint density at radius 2 is 2.24 bits per heavy atom. The molecule has 21 heavy (non-hydrogen) atoms. The van der Waals surface area contributed by atoms with E-state index in [0.717, 1.165) is 31.6 Å². The van der Waals surface area contributed by atoms with E-state index >= 15 is 0 Å². The fraction of sp³-hybridized carbons (Fsp3) is 0.750. The Labute approximate surface area is 126 Å². The van der Waals surface area contributed by atoms with Gasteiger partial charge >= 0.3 is 0 Å². The number of H-pyrrole nitrogens is 1. The van der Waals surface area contributed by atoms with Crippen molar-refractivity contribution in [2.24, 2.45) is 0 Å². The third kappa shape index (κ3) is 5.16. The van der Waals surface area contributed by atoms with Crippen LogP contribution in [0.25, 0.3) is 0 Å². The van der Waals surface area contributed by atoms with Gasteiger partial charge < -0.3 is 10.1 Å². The first-order chi connectivity index (χ1) is 10.3. The highest BCUT2D eigenvalue weighted by molar-refractivity contribution is 5.95. The van der Waals surface area contributed by atoms with E-state index in [1.165, 1.54) is 32.1 Å². The average Bonchev–Trinajstić information content (AvgIpc) is 2.96. The van der Waals surface area contributed by atoms with E-state index in [-0.39, 0.29) is 5.91 Å². The maximum atomic E-state index is 12.1. The van der Waals surface area contributed by atoms with Crippen molar-refractivity contribution in [1.29, 1.82) is 0 Å². The summed E-state index contributed by atoms with van der Waals surface area (Å²) in [4.78, 5) is 12.1. The molecule has 5 heteroatoms. The van der Waals surface area contributed by atoms with Crippen LogP contribution in [-0.2, 0) is 11.2 Å². The van der Waals surface area contributed by atoms with Crippen LogP contribution in [0.3, 0.4) is 0 Å². The second-order valence-electron chi connectivity index (χ2n) is 5.75. The number of aryl methyl sites for hydroxylation is 1. The van der Waals surface area contributed by atoms with Gasteiger partial charge in [-0.25, -0.2) is 0 Å². The van der Waals surface area contributed by atoms with Crippen molar-refractivity contribution >= 4 is 5.91 Å². The highest BCUT2D eigenvalue weighted by atomic mass is 16.5. The fourth-order valence-corrected chi connectivity index (χ4v) is 2.80. The van der Waals surface area contributed by atoms with Crippen LogP contribution in [0.4, 0.5) is 0 Å². The number of carbonyl (C=O) groups excluding carboxylic acids is 1. The number of hydrogen-bond donors (Lipinski definition) is 2. The Bertz CT molecular complexity index is 425. The number of amides is 1. The Balaban J connectivity index is 1.61. The quantitative estimate of drug-likeness (QED) is 0.724. The lowest BCUT2D eigenvalue weighted by Crippen LogP contribution is -2.26. The summed E-state index contributed by atoms with van der Waals surface area (Å²) in [7, 11) is 0. The van der Waals surface area contributed by atoms with Gasteiger partial charge in [0.15, 0.2) is 0 Å². The number of ether oxygens (including phenoxy) is 1. The van der Waals surface area contributed by atoms with E-state index in [1.807, 2.05) is 0 Å². The van der Waals surface area contributed by atoms with Crippen LogP contribution < -0.4 is 5.32 Å². The molecule has 0 saturated heterocycles.